The van der Waals surface area contributed by atoms with Crippen LogP contribution >= 0.6 is 11.3 Å². The van der Waals surface area contributed by atoms with Gasteiger partial charge in [0.2, 0.25) is 0 Å². The summed E-state index contributed by atoms with van der Waals surface area (Å²) in [5.41, 5.74) is 0. The van der Waals surface area contributed by atoms with Gasteiger partial charge >= 0.3 is 5.97 Å². The van der Waals surface area contributed by atoms with E-state index in [1.807, 2.05) is 0 Å². The number of ether oxygens (including phenoxy) is 1. The van der Waals surface area contributed by atoms with Crippen molar-refractivity contribution in [2.75, 3.05) is 6.61 Å². The molecule has 2 rings (SSSR count). The minimum Gasteiger partial charge on any atom is -0.480 e. The van der Waals surface area contributed by atoms with E-state index in [1.165, 1.54) is 17.5 Å². The number of carbonyl (C=O) groups is 2. The van der Waals surface area contributed by atoms with Gasteiger partial charge < -0.3 is 15.2 Å². The molecule has 7 heteroatoms. The highest BCUT2D eigenvalue weighted by molar-refractivity contribution is 7.13. The van der Waals surface area contributed by atoms with Gasteiger partial charge in [-0.1, -0.05) is 13.8 Å². The number of aromatic nitrogens is 1. The van der Waals surface area contributed by atoms with Gasteiger partial charge in [0.1, 0.15) is 22.0 Å². The Morgan fingerprint density at radius 1 is 1.55 bits per heavy atom. The molecule has 0 spiro atoms. The summed E-state index contributed by atoms with van der Waals surface area (Å²) >= 11 is 1.26. The summed E-state index contributed by atoms with van der Waals surface area (Å²) in [6, 6.07) is -0.893. The van der Waals surface area contributed by atoms with Crippen molar-refractivity contribution in [3.05, 3.63) is 16.1 Å². The number of nitrogens with zero attached hydrogens (tertiary/aromatic N) is 1. The first-order chi connectivity index (χ1) is 9.49. The molecule has 20 heavy (non-hydrogen) atoms. The summed E-state index contributed by atoms with van der Waals surface area (Å²) in [5, 5.41) is 12.4. The van der Waals surface area contributed by atoms with E-state index in [4.69, 9.17) is 9.84 Å². The smallest absolute Gasteiger partial charge is 0.326 e. The lowest BCUT2D eigenvalue weighted by atomic mass is 10.0. The second kappa shape index (κ2) is 6.32. The van der Waals surface area contributed by atoms with E-state index in [0.29, 0.717) is 4.88 Å². The molecule has 110 valence electrons. The first kappa shape index (κ1) is 14.9. The molecule has 1 aromatic rings. The lowest BCUT2D eigenvalue weighted by Crippen LogP contribution is -2.44. The fraction of sp³-hybridized carbons (Fsp3) is 0.615. The van der Waals surface area contributed by atoms with Gasteiger partial charge in [0.05, 0.1) is 6.20 Å². The molecule has 6 nitrogen and oxygen atoms in total. The number of carbonyl (C=O) groups excluding carboxylic acids is 1. The van der Waals surface area contributed by atoms with Crippen LogP contribution in [0.4, 0.5) is 0 Å². The molecule has 1 saturated heterocycles. The Bertz CT molecular complexity index is 494. The molecule has 1 amide bonds. The number of nitrogens with one attached hydrogen (secondary N) is 1. The molecule has 2 unspecified atom stereocenters. The highest BCUT2D eigenvalue weighted by Gasteiger charge is 2.26. The predicted molar refractivity (Wildman–Crippen MR) is 73.8 cm³/mol. The number of hydrogen-bond donors (Lipinski definition) is 2. The molecule has 0 bridgehead atoms. The Balaban J connectivity index is 2.03. The number of carboxylic acids is 1. The molecule has 2 heterocycles. The normalized spacial score (nSPS) is 20.1. The second-order valence-corrected chi connectivity index (χ2v) is 6.16. The SMILES string of the molecule is CC(C)C(NC(=O)c1cnc(C2CCCO2)s1)C(=O)O. The van der Waals surface area contributed by atoms with E-state index in [9.17, 15) is 9.59 Å². The third-order valence-electron chi connectivity index (χ3n) is 3.17. The largest absolute Gasteiger partial charge is 0.480 e. The fourth-order valence-corrected chi connectivity index (χ4v) is 2.94. The predicted octanol–water partition coefficient (Wildman–Crippen LogP) is 1.83. The van der Waals surface area contributed by atoms with Crippen molar-refractivity contribution in [1.82, 2.24) is 10.3 Å². The van der Waals surface area contributed by atoms with Crippen LogP contribution in [0.25, 0.3) is 0 Å². The molecule has 1 aliphatic heterocycles. The zero-order valence-electron chi connectivity index (χ0n) is 11.5. The molecule has 1 aromatic heterocycles. The van der Waals surface area contributed by atoms with E-state index in [1.54, 1.807) is 13.8 Å². The van der Waals surface area contributed by atoms with Crippen molar-refractivity contribution in [2.24, 2.45) is 5.92 Å². The maximum absolute atomic E-state index is 12.0. The Kier molecular flexibility index (Phi) is 4.72. The number of carboxylic acid groups (broad SMARTS) is 1. The molecular formula is C13H18N2O4S. The lowest BCUT2D eigenvalue weighted by Gasteiger charge is -2.17. The Morgan fingerprint density at radius 3 is 2.85 bits per heavy atom. The average Bonchev–Trinajstić information content (AvgIpc) is 3.04. The van der Waals surface area contributed by atoms with Crippen LogP contribution in [0.15, 0.2) is 6.20 Å². The number of rotatable bonds is 5. The van der Waals surface area contributed by atoms with E-state index in [2.05, 4.69) is 10.3 Å². The molecule has 0 aromatic carbocycles. The third-order valence-corrected chi connectivity index (χ3v) is 4.26. The van der Waals surface area contributed by atoms with E-state index in [0.717, 1.165) is 24.5 Å². The molecule has 0 radical (unpaired) electrons. The van der Waals surface area contributed by atoms with Gasteiger partial charge in [-0.15, -0.1) is 11.3 Å². The molecule has 2 N–H and O–H groups in total. The van der Waals surface area contributed by atoms with Crippen LogP contribution < -0.4 is 5.32 Å². The Morgan fingerprint density at radius 2 is 2.30 bits per heavy atom. The summed E-state index contributed by atoms with van der Waals surface area (Å²) in [7, 11) is 0. The van der Waals surface area contributed by atoms with Crippen LogP contribution in [0, 0.1) is 5.92 Å². The number of hydrogen-bond acceptors (Lipinski definition) is 5. The van der Waals surface area contributed by atoms with Gasteiger partial charge in [-0.3, -0.25) is 4.79 Å². The third kappa shape index (κ3) is 3.34. The summed E-state index contributed by atoms with van der Waals surface area (Å²) in [5.74, 6) is -1.60. The fourth-order valence-electron chi connectivity index (χ4n) is 2.04. The van der Waals surface area contributed by atoms with Crippen molar-refractivity contribution in [3.63, 3.8) is 0 Å². The monoisotopic (exact) mass is 298 g/mol. The van der Waals surface area contributed by atoms with Crippen LogP contribution in [0.3, 0.4) is 0 Å². The Labute approximate surface area is 121 Å². The number of amides is 1. The highest BCUT2D eigenvalue weighted by Crippen LogP contribution is 2.31. The minimum atomic E-state index is -1.03. The van der Waals surface area contributed by atoms with Gasteiger partial charge in [0.25, 0.3) is 5.91 Å². The molecule has 2 atom stereocenters. The van der Waals surface area contributed by atoms with E-state index in [-0.39, 0.29) is 12.0 Å². The first-order valence-corrected chi connectivity index (χ1v) is 7.41. The number of thiazole rings is 1. The zero-order chi connectivity index (χ0) is 14.7. The Hall–Kier alpha value is -1.47. The van der Waals surface area contributed by atoms with E-state index < -0.39 is 17.9 Å². The zero-order valence-corrected chi connectivity index (χ0v) is 12.3. The van der Waals surface area contributed by atoms with E-state index >= 15 is 0 Å². The standard InChI is InChI=1S/C13H18N2O4S/c1-7(2)10(13(17)18)15-11(16)9-6-14-12(20-9)8-4-3-5-19-8/h6-8,10H,3-5H2,1-2H3,(H,15,16)(H,17,18). The number of aliphatic carboxylic acids is 1. The van der Waals surface area contributed by atoms with Crippen LogP contribution in [0.2, 0.25) is 0 Å². The van der Waals surface area contributed by atoms with Crippen molar-refractivity contribution in [3.8, 4) is 0 Å². The molecule has 1 fully saturated rings. The first-order valence-electron chi connectivity index (χ1n) is 6.60. The summed E-state index contributed by atoms with van der Waals surface area (Å²) in [4.78, 5) is 27.7. The van der Waals surface area contributed by atoms with Gasteiger partial charge in [-0.2, -0.15) is 0 Å². The van der Waals surface area contributed by atoms with Crippen molar-refractivity contribution in [1.29, 1.82) is 0 Å². The maximum atomic E-state index is 12.0. The molecule has 1 aliphatic rings. The maximum Gasteiger partial charge on any atom is 0.326 e. The van der Waals surface area contributed by atoms with Crippen LogP contribution in [-0.4, -0.2) is 34.6 Å². The average molecular weight is 298 g/mol. The van der Waals surface area contributed by atoms with Gasteiger partial charge in [0, 0.05) is 6.61 Å². The van der Waals surface area contributed by atoms with Crippen LogP contribution in [-0.2, 0) is 9.53 Å². The quantitative estimate of drug-likeness (QED) is 0.866. The summed E-state index contributed by atoms with van der Waals surface area (Å²) < 4.78 is 5.51. The van der Waals surface area contributed by atoms with Crippen LogP contribution in [0.1, 0.15) is 47.5 Å². The minimum absolute atomic E-state index is 0.0260. The van der Waals surface area contributed by atoms with Gasteiger partial charge in [-0.25, -0.2) is 9.78 Å². The topological polar surface area (TPSA) is 88.5 Å². The lowest BCUT2D eigenvalue weighted by molar-refractivity contribution is -0.140. The van der Waals surface area contributed by atoms with Crippen molar-refractivity contribution in [2.45, 2.75) is 38.8 Å². The summed E-state index contributed by atoms with van der Waals surface area (Å²) in [6.45, 7) is 4.23. The van der Waals surface area contributed by atoms with Gasteiger partial charge in [0.15, 0.2) is 0 Å². The van der Waals surface area contributed by atoms with Gasteiger partial charge in [-0.05, 0) is 18.8 Å². The summed E-state index contributed by atoms with van der Waals surface area (Å²) in [6.07, 6.45) is 3.37. The molecule has 0 aliphatic carbocycles. The molecular weight excluding hydrogens is 280 g/mol. The second-order valence-electron chi connectivity index (χ2n) is 5.10. The van der Waals surface area contributed by atoms with Crippen LogP contribution in [0.5, 0.6) is 0 Å². The van der Waals surface area contributed by atoms with Crippen molar-refractivity contribution < 1.29 is 19.4 Å². The molecule has 0 saturated carbocycles. The highest BCUT2D eigenvalue weighted by atomic mass is 32.1. The van der Waals surface area contributed by atoms with Crippen molar-refractivity contribution >= 4 is 23.2 Å².